The van der Waals surface area contributed by atoms with E-state index in [1.807, 2.05) is 13.0 Å². The number of aryl methyl sites for hydroxylation is 1. The van der Waals surface area contributed by atoms with Crippen molar-refractivity contribution in [3.63, 3.8) is 0 Å². The minimum absolute atomic E-state index is 0.0734. The van der Waals surface area contributed by atoms with Gasteiger partial charge in [0.1, 0.15) is 5.82 Å². The van der Waals surface area contributed by atoms with Crippen molar-refractivity contribution in [2.45, 2.75) is 6.92 Å². The third kappa shape index (κ3) is 2.20. The van der Waals surface area contributed by atoms with E-state index in [9.17, 15) is 10.1 Å². The molecule has 0 aliphatic carbocycles. The zero-order chi connectivity index (χ0) is 12.4. The Balaban J connectivity index is 2.60. The van der Waals surface area contributed by atoms with Gasteiger partial charge in [0.25, 0.3) is 5.69 Å². The molecule has 0 unspecified atom stereocenters. The molecule has 0 aromatic carbocycles. The summed E-state index contributed by atoms with van der Waals surface area (Å²) in [5, 5.41) is 10.7. The molecule has 2 aromatic rings. The van der Waals surface area contributed by atoms with Crippen molar-refractivity contribution in [2.24, 2.45) is 0 Å². The first kappa shape index (κ1) is 11.0. The largest absolute Gasteiger partial charge is 0.383 e. The van der Waals surface area contributed by atoms with Gasteiger partial charge in [0.05, 0.1) is 16.7 Å². The van der Waals surface area contributed by atoms with Gasteiger partial charge in [-0.3, -0.25) is 15.1 Å². The fraction of sp³-hybridized carbons (Fsp3) is 0.0909. The maximum absolute atomic E-state index is 10.7. The lowest BCUT2D eigenvalue weighted by molar-refractivity contribution is -0.384. The molecule has 0 aliphatic heterocycles. The van der Waals surface area contributed by atoms with Crippen LogP contribution in [0, 0.1) is 17.0 Å². The Bertz CT molecular complexity index is 583. The molecule has 0 bridgehead atoms. The second-order valence-corrected chi connectivity index (χ2v) is 3.58. The summed E-state index contributed by atoms with van der Waals surface area (Å²) in [5.74, 6) is 0.123. The van der Waals surface area contributed by atoms with Gasteiger partial charge in [0.2, 0.25) is 0 Å². The first-order valence-corrected chi connectivity index (χ1v) is 4.91. The second-order valence-electron chi connectivity index (χ2n) is 3.58. The summed E-state index contributed by atoms with van der Waals surface area (Å²) in [7, 11) is 0. The summed E-state index contributed by atoms with van der Waals surface area (Å²) in [6.45, 7) is 1.88. The highest BCUT2D eigenvalue weighted by Crippen LogP contribution is 2.25. The first-order chi connectivity index (χ1) is 8.08. The first-order valence-electron chi connectivity index (χ1n) is 4.91. The zero-order valence-corrected chi connectivity index (χ0v) is 9.12. The van der Waals surface area contributed by atoms with Crippen LogP contribution in [0.15, 0.2) is 30.6 Å². The van der Waals surface area contributed by atoms with E-state index in [4.69, 9.17) is 5.73 Å². The van der Waals surface area contributed by atoms with Crippen molar-refractivity contribution in [1.29, 1.82) is 0 Å². The molecule has 0 atom stereocenters. The van der Waals surface area contributed by atoms with Crippen LogP contribution >= 0.6 is 0 Å². The standard InChI is InChI=1S/C11H10N4O2/c1-7-2-3-13-6-9(7)10-4-8(15(16)17)5-11(12)14-10/h2-6H,1H3,(H2,12,14). The van der Waals surface area contributed by atoms with Gasteiger partial charge >= 0.3 is 0 Å². The number of hydrogen-bond acceptors (Lipinski definition) is 5. The molecular weight excluding hydrogens is 220 g/mol. The molecule has 0 saturated carbocycles. The average Bonchev–Trinajstić information content (AvgIpc) is 2.28. The van der Waals surface area contributed by atoms with Crippen molar-refractivity contribution in [3.05, 3.63) is 46.3 Å². The van der Waals surface area contributed by atoms with Crippen molar-refractivity contribution >= 4 is 11.5 Å². The number of nitrogens with two attached hydrogens (primary N) is 1. The Hall–Kier alpha value is -2.50. The fourth-order valence-electron chi connectivity index (χ4n) is 1.51. The van der Waals surface area contributed by atoms with Gasteiger partial charge in [0, 0.05) is 24.0 Å². The molecule has 0 aliphatic rings. The van der Waals surface area contributed by atoms with Gasteiger partial charge in [-0.05, 0) is 18.6 Å². The van der Waals surface area contributed by atoms with Crippen LogP contribution in [-0.4, -0.2) is 14.9 Å². The number of hydrogen-bond donors (Lipinski definition) is 1. The number of nitrogens with zero attached hydrogens (tertiary/aromatic N) is 3. The van der Waals surface area contributed by atoms with Crippen LogP contribution in [0.3, 0.4) is 0 Å². The van der Waals surface area contributed by atoms with Gasteiger partial charge < -0.3 is 5.73 Å². The lowest BCUT2D eigenvalue weighted by Crippen LogP contribution is -1.97. The van der Waals surface area contributed by atoms with E-state index in [-0.39, 0.29) is 11.5 Å². The predicted molar refractivity (Wildman–Crippen MR) is 63.3 cm³/mol. The third-order valence-electron chi connectivity index (χ3n) is 2.36. The lowest BCUT2D eigenvalue weighted by Gasteiger charge is -2.04. The number of rotatable bonds is 2. The maximum Gasteiger partial charge on any atom is 0.275 e. The highest BCUT2D eigenvalue weighted by atomic mass is 16.6. The van der Waals surface area contributed by atoms with E-state index in [1.165, 1.54) is 12.1 Å². The Morgan fingerprint density at radius 3 is 2.82 bits per heavy atom. The lowest BCUT2D eigenvalue weighted by atomic mass is 10.1. The summed E-state index contributed by atoms with van der Waals surface area (Å²) < 4.78 is 0. The monoisotopic (exact) mass is 230 g/mol. The third-order valence-corrected chi connectivity index (χ3v) is 2.36. The molecular formula is C11H10N4O2. The summed E-state index contributed by atoms with van der Waals surface area (Å²) in [4.78, 5) is 18.3. The smallest absolute Gasteiger partial charge is 0.275 e. The number of nitrogen functional groups attached to an aromatic ring is 1. The second kappa shape index (κ2) is 4.17. The highest BCUT2D eigenvalue weighted by Gasteiger charge is 2.12. The minimum Gasteiger partial charge on any atom is -0.383 e. The fourth-order valence-corrected chi connectivity index (χ4v) is 1.51. The maximum atomic E-state index is 10.7. The summed E-state index contributed by atoms with van der Waals surface area (Å²) in [6.07, 6.45) is 3.26. The van der Waals surface area contributed by atoms with Crippen LogP contribution in [-0.2, 0) is 0 Å². The van der Waals surface area contributed by atoms with Crippen LogP contribution in [0.2, 0.25) is 0 Å². The summed E-state index contributed by atoms with van der Waals surface area (Å²) in [5.41, 5.74) is 7.61. The van der Waals surface area contributed by atoms with Crippen molar-refractivity contribution in [1.82, 2.24) is 9.97 Å². The molecule has 2 rings (SSSR count). The van der Waals surface area contributed by atoms with Crippen LogP contribution in [0.25, 0.3) is 11.3 Å². The molecule has 0 fully saturated rings. The quantitative estimate of drug-likeness (QED) is 0.628. The van der Waals surface area contributed by atoms with Crippen LogP contribution in [0.4, 0.5) is 11.5 Å². The van der Waals surface area contributed by atoms with Crippen LogP contribution < -0.4 is 5.73 Å². The molecule has 0 amide bonds. The van der Waals surface area contributed by atoms with Crippen LogP contribution in [0.5, 0.6) is 0 Å². The summed E-state index contributed by atoms with van der Waals surface area (Å²) in [6, 6.07) is 4.43. The predicted octanol–water partition coefficient (Wildman–Crippen LogP) is 1.94. The highest BCUT2D eigenvalue weighted by molar-refractivity contribution is 5.66. The average molecular weight is 230 g/mol. The van der Waals surface area contributed by atoms with E-state index in [0.717, 1.165) is 11.1 Å². The Morgan fingerprint density at radius 1 is 1.41 bits per heavy atom. The Kier molecular flexibility index (Phi) is 2.70. The zero-order valence-electron chi connectivity index (χ0n) is 9.12. The SMILES string of the molecule is Cc1ccncc1-c1cc([N+](=O)[O-])cc(N)n1. The Morgan fingerprint density at radius 2 is 2.18 bits per heavy atom. The van der Waals surface area contributed by atoms with E-state index in [1.54, 1.807) is 12.4 Å². The molecule has 2 heterocycles. The van der Waals surface area contributed by atoms with Gasteiger partial charge in [-0.15, -0.1) is 0 Å². The van der Waals surface area contributed by atoms with Gasteiger partial charge in [0.15, 0.2) is 0 Å². The van der Waals surface area contributed by atoms with Gasteiger partial charge in [-0.25, -0.2) is 4.98 Å². The molecule has 6 heteroatoms. The number of nitro groups is 1. The van der Waals surface area contributed by atoms with Gasteiger partial charge in [-0.2, -0.15) is 0 Å². The van der Waals surface area contributed by atoms with E-state index < -0.39 is 4.92 Å². The number of aromatic nitrogens is 2. The minimum atomic E-state index is -0.493. The number of anilines is 1. The molecule has 2 aromatic heterocycles. The van der Waals surface area contributed by atoms with Crippen molar-refractivity contribution < 1.29 is 4.92 Å². The molecule has 86 valence electrons. The molecule has 0 saturated heterocycles. The summed E-state index contributed by atoms with van der Waals surface area (Å²) >= 11 is 0. The van der Waals surface area contributed by atoms with E-state index >= 15 is 0 Å². The normalized spacial score (nSPS) is 10.2. The molecule has 17 heavy (non-hydrogen) atoms. The van der Waals surface area contributed by atoms with Gasteiger partial charge in [-0.1, -0.05) is 0 Å². The molecule has 0 spiro atoms. The topological polar surface area (TPSA) is 94.9 Å². The number of pyridine rings is 2. The molecule has 6 nitrogen and oxygen atoms in total. The Labute approximate surface area is 97.3 Å². The molecule has 0 radical (unpaired) electrons. The van der Waals surface area contributed by atoms with Crippen molar-refractivity contribution in [3.8, 4) is 11.3 Å². The van der Waals surface area contributed by atoms with Crippen molar-refractivity contribution in [2.75, 3.05) is 5.73 Å². The van der Waals surface area contributed by atoms with E-state index in [0.29, 0.717) is 5.69 Å². The van der Waals surface area contributed by atoms with Crippen LogP contribution in [0.1, 0.15) is 5.56 Å². The van der Waals surface area contributed by atoms with E-state index in [2.05, 4.69) is 9.97 Å². The molecule has 2 N–H and O–H groups in total.